The molecule has 2 heterocycles. The van der Waals surface area contributed by atoms with Gasteiger partial charge < -0.3 is 14.3 Å². The lowest BCUT2D eigenvalue weighted by atomic mass is 10.3. The Balaban J connectivity index is 1.80. The van der Waals surface area contributed by atoms with Crippen LogP contribution in [0.5, 0.6) is 0 Å². The number of hydrogen-bond donors (Lipinski definition) is 1. The van der Waals surface area contributed by atoms with Gasteiger partial charge in [-0.2, -0.15) is 0 Å². The molecule has 1 aromatic carbocycles. The number of morpholine rings is 1. The molecule has 0 atom stereocenters. The predicted octanol–water partition coefficient (Wildman–Crippen LogP) is 2.64. The summed E-state index contributed by atoms with van der Waals surface area (Å²) in [5, 5.41) is 0. The van der Waals surface area contributed by atoms with Crippen molar-refractivity contribution in [3.05, 3.63) is 26.5 Å². The Kier molecular flexibility index (Phi) is 4.21. The average molecular weight is 389 g/mol. The van der Waals surface area contributed by atoms with Gasteiger partial charge in [-0.05, 0) is 53.0 Å². The van der Waals surface area contributed by atoms with Crippen molar-refractivity contribution in [2.75, 3.05) is 32.8 Å². The molecule has 2 aromatic rings. The highest BCUT2D eigenvalue weighted by Crippen LogP contribution is 2.17. The van der Waals surface area contributed by atoms with Gasteiger partial charge in [0.05, 0.1) is 24.2 Å². The van der Waals surface area contributed by atoms with Gasteiger partial charge in [0.15, 0.2) is 4.77 Å². The molecular formula is C13H16IN3OS. The molecule has 102 valence electrons. The number of hydrogen-bond acceptors (Lipinski definition) is 3. The number of aromatic amines is 1. The van der Waals surface area contributed by atoms with Crippen LogP contribution in [0, 0.1) is 8.34 Å². The summed E-state index contributed by atoms with van der Waals surface area (Å²) >= 11 is 7.74. The van der Waals surface area contributed by atoms with Crippen LogP contribution >= 0.6 is 34.8 Å². The van der Waals surface area contributed by atoms with E-state index in [-0.39, 0.29) is 0 Å². The van der Waals surface area contributed by atoms with Gasteiger partial charge in [-0.15, -0.1) is 0 Å². The zero-order chi connectivity index (χ0) is 13.2. The van der Waals surface area contributed by atoms with Crippen molar-refractivity contribution in [3.63, 3.8) is 0 Å². The number of H-pyrrole nitrogens is 1. The molecule has 4 nitrogen and oxygen atoms in total. The number of benzene rings is 1. The number of nitrogens with one attached hydrogen (secondary N) is 1. The molecule has 1 fully saturated rings. The smallest absolute Gasteiger partial charge is 0.178 e. The third kappa shape index (κ3) is 3.01. The first-order chi connectivity index (χ1) is 9.24. The van der Waals surface area contributed by atoms with E-state index >= 15 is 0 Å². The van der Waals surface area contributed by atoms with Crippen LogP contribution < -0.4 is 0 Å². The summed E-state index contributed by atoms with van der Waals surface area (Å²) in [7, 11) is 0. The first-order valence-electron chi connectivity index (χ1n) is 6.42. The highest BCUT2D eigenvalue weighted by molar-refractivity contribution is 14.1. The lowest BCUT2D eigenvalue weighted by Crippen LogP contribution is -2.38. The summed E-state index contributed by atoms with van der Waals surface area (Å²) in [4.78, 5) is 5.71. The van der Waals surface area contributed by atoms with Crippen LogP contribution in [0.4, 0.5) is 0 Å². The monoisotopic (exact) mass is 389 g/mol. The van der Waals surface area contributed by atoms with Crippen molar-refractivity contribution >= 4 is 45.8 Å². The van der Waals surface area contributed by atoms with E-state index in [4.69, 9.17) is 17.0 Å². The van der Waals surface area contributed by atoms with Crippen LogP contribution in [0.25, 0.3) is 11.0 Å². The van der Waals surface area contributed by atoms with E-state index in [0.29, 0.717) is 0 Å². The highest BCUT2D eigenvalue weighted by Gasteiger charge is 2.11. The van der Waals surface area contributed by atoms with Crippen LogP contribution in [-0.2, 0) is 11.3 Å². The van der Waals surface area contributed by atoms with Crippen molar-refractivity contribution in [1.82, 2.24) is 14.5 Å². The minimum atomic E-state index is 0.810. The second-order valence-corrected chi connectivity index (χ2v) is 6.33. The fraction of sp³-hybridized carbons (Fsp3) is 0.462. The van der Waals surface area contributed by atoms with Crippen molar-refractivity contribution in [1.29, 1.82) is 0 Å². The van der Waals surface area contributed by atoms with Crippen LogP contribution in [0.15, 0.2) is 18.2 Å². The molecule has 1 aliphatic rings. The fourth-order valence-corrected chi connectivity index (χ4v) is 3.21. The molecule has 1 aromatic heterocycles. The molecule has 1 saturated heterocycles. The summed E-state index contributed by atoms with van der Waals surface area (Å²) in [6, 6.07) is 6.40. The van der Waals surface area contributed by atoms with E-state index in [2.05, 4.69) is 55.2 Å². The lowest BCUT2D eigenvalue weighted by molar-refractivity contribution is 0.0365. The van der Waals surface area contributed by atoms with Gasteiger partial charge >= 0.3 is 0 Å². The van der Waals surface area contributed by atoms with Crippen molar-refractivity contribution < 1.29 is 4.74 Å². The number of imidazole rings is 1. The molecule has 3 rings (SSSR count). The van der Waals surface area contributed by atoms with Crippen molar-refractivity contribution in [2.45, 2.75) is 6.54 Å². The van der Waals surface area contributed by atoms with E-state index in [1.54, 1.807) is 0 Å². The second-order valence-electron chi connectivity index (χ2n) is 4.70. The summed E-state index contributed by atoms with van der Waals surface area (Å²) in [5.41, 5.74) is 2.32. The molecule has 19 heavy (non-hydrogen) atoms. The summed E-state index contributed by atoms with van der Waals surface area (Å²) in [6.07, 6.45) is 0. The minimum absolute atomic E-state index is 0.810. The average Bonchev–Trinajstić information content (AvgIpc) is 2.72. The van der Waals surface area contributed by atoms with Gasteiger partial charge in [-0.1, -0.05) is 0 Å². The SMILES string of the molecule is S=c1[nH]c2cc(I)ccc2n1CCN1CCOCC1. The number of aromatic nitrogens is 2. The molecule has 0 unspecified atom stereocenters. The summed E-state index contributed by atoms with van der Waals surface area (Å²) < 4.78 is 9.59. The van der Waals surface area contributed by atoms with Gasteiger partial charge in [0.1, 0.15) is 0 Å². The molecule has 0 aliphatic carbocycles. The third-order valence-electron chi connectivity index (χ3n) is 3.48. The minimum Gasteiger partial charge on any atom is -0.379 e. The maximum atomic E-state index is 5.42. The Labute approximate surface area is 130 Å². The summed E-state index contributed by atoms with van der Waals surface area (Å²) in [5.74, 6) is 0. The van der Waals surface area contributed by atoms with Gasteiger partial charge in [0, 0.05) is 29.7 Å². The number of fused-ring (bicyclic) bond motifs is 1. The number of nitrogens with zero attached hydrogens (tertiary/aromatic N) is 2. The largest absolute Gasteiger partial charge is 0.379 e. The Morgan fingerprint density at radius 1 is 1.26 bits per heavy atom. The fourth-order valence-electron chi connectivity index (χ4n) is 2.42. The van der Waals surface area contributed by atoms with Gasteiger partial charge in [0.2, 0.25) is 0 Å². The molecule has 0 saturated carbocycles. The van der Waals surface area contributed by atoms with E-state index in [9.17, 15) is 0 Å². The first-order valence-corrected chi connectivity index (χ1v) is 7.91. The Morgan fingerprint density at radius 3 is 2.84 bits per heavy atom. The molecule has 6 heteroatoms. The quantitative estimate of drug-likeness (QED) is 0.648. The lowest BCUT2D eigenvalue weighted by Gasteiger charge is -2.26. The van der Waals surface area contributed by atoms with E-state index < -0.39 is 0 Å². The number of halogens is 1. The Morgan fingerprint density at radius 2 is 2.05 bits per heavy atom. The Hall–Kier alpha value is -0.440. The van der Waals surface area contributed by atoms with Crippen LogP contribution in [0.1, 0.15) is 0 Å². The molecule has 0 spiro atoms. The topological polar surface area (TPSA) is 33.2 Å². The maximum Gasteiger partial charge on any atom is 0.178 e. The van der Waals surface area contributed by atoms with Crippen LogP contribution in [0.2, 0.25) is 0 Å². The Bertz CT molecular complexity index is 630. The maximum absolute atomic E-state index is 5.42. The van der Waals surface area contributed by atoms with E-state index in [1.165, 1.54) is 9.09 Å². The van der Waals surface area contributed by atoms with Gasteiger partial charge in [-0.3, -0.25) is 4.90 Å². The summed E-state index contributed by atoms with van der Waals surface area (Å²) in [6.45, 7) is 5.69. The zero-order valence-electron chi connectivity index (χ0n) is 10.6. The number of ether oxygens (including phenoxy) is 1. The van der Waals surface area contributed by atoms with Crippen molar-refractivity contribution in [3.8, 4) is 0 Å². The van der Waals surface area contributed by atoms with Gasteiger partial charge in [0.25, 0.3) is 0 Å². The highest BCUT2D eigenvalue weighted by atomic mass is 127. The van der Waals surface area contributed by atoms with Gasteiger partial charge in [-0.25, -0.2) is 0 Å². The zero-order valence-corrected chi connectivity index (χ0v) is 13.5. The molecule has 0 amide bonds. The molecule has 1 aliphatic heterocycles. The predicted molar refractivity (Wildman–Crippen MR) is 87.1 cm³/mol. The van der Waals surface area contributed by atoms with Crippen LogP contribution in [-0.4, -0.2) is 47.3 Å². The molecule has 0 bridgehead atoms. The standard InChI is InChI=1S/C13H16IN3OS/c14-10-1-2-12-11(9-10)15-13(19)17(12)4-3-16-5-7-18-8-6-16/h1-2,9H,3-8H2,(H,15,19). The third-order valence-corrected chi connectivity index (χ3v) is 4.47. The molecular weight excluding hydrogens is 373 g/mol. The first kappa shape index (κ1) is 13.5. The molecule has 0 radical (unpaired) electrons. The molecule has 1 N–H and O–H groups in total. The normalized spacial score (nSPS) is 17.1. The van der Waals surface area contributed by atoms with Crippen molar-refractivity contribution in [2.24, 2.45) is 0 Å². The van der Waals surface area contributed by atoms with E-state index in [1.807, 2.05) is 0 Å². The number of rotatable bonds is 3. The van der Waals surface area contributed by atoms with E-state index in [0.717, 1.165) is 49.7 Å². The van der Waals surface area contributed by atoms with Crippen LogP contribution in [0.3, 0.4) is 0 Å². The second kappa shape index (κ2) is 5.90.